The molecule has 3 saturated carbocycles. The van der Waals surface area contributed by atoms with Crippen molar-refractivity contribution < 1.29 is 34.4 Å². The second-order valence-electron chi connectivity index (χ2n) is 13.7. The van der Waals surface area contributed by atoms with Crippen LogP contribution in [0.4, 0.5) is 0 Å². The van der Waals surface area contributed by atoms with E-state index in [-0.39, 0.29) is 30.1 Å². The number of rotatable bonds is 6. The Balaban J connectivity index is 1.20. The van der Waals surface area contributed by atoms with Crippen LogP contribution in [0.1, 0.15) is 68.1 Å². The van der Waals surface area contributed by atoms with Gasteiger partial charge in [-0.05, 0) is 72.8 Å². The number of Topliss-reactive ketones (excluding diaryl/α,β-unsaturated/α-hetero) is 1. The number of ether oxygens (including phenoxy) is 2. The number of carbonyl (C=O) groups is 2. The van der Waals surface area contributed by atoms with E-state index in [0.29, 0.717) is 19.3 Å². The van der Waals surface area contributed by atoms with Crippen LogP contribution in [0.25, 0.3) is 0 Å². The third-order valence-corrected chi connectivity index (χ3v) is 11.6. The highest BCUT2D eigenvalue weighted by molar-refractivity contribution is 6.01. The van der Waals surface area contributed by atoms with Gasteiger partial charge in [-0.1, -0.05) is 74.0 Å². The number of benzene rings is 2. The van der Waals surface area contributed by atoms with Crippen LogP contribution in [0.15, 0.2) is 72.3 Å². The summed E-state index contributed by atoms with van der Waals surface area (Å²) in [6.45, 7) is 3.51. The van der Waals surface area contributed by atoms with E-state index in [1.165, 1.54) is 0 Å². The molecule has 3 N–H and O–H groups in total. The summed E-state index contributed by atoms with van der Waals surface area (Å²) in [5, 5.41) is 31.6. The predicted molar refractivity (Wildman–Crippen MR) is 159 cm³/mol. The van der Waals surface area contributed by atoms with E-state index in [1.807, 2.05) is 54.6 Å². The van der Waals surface area contributed by atoms with E-state index in [1.54, 1.807) is 12.2 Å². The molecule has 0 unspecified atom stereocenters. The number of hydrogen-bond acceptors (Lipinski definition) is 7. The van der Waals surface area contributed by atoms with Gasteiger partial charge in [0.1, 0.15) is 6.61 Å². The number of aliphatic hydroxyl groups excluding tert-OH is 3. The summed E-state index contributed by atoms with van der Waals surface area (Å²) in [7, 11) is 0. The molecule has 1 saturated heterocycles. The maximum Gasteiger partial charge on any atom is 0.193 e. The lowest BCUT2D eigenvalue weighted by Gasteiger charge is -2.59. The monoisotopic (exact) mass is 584 g/mol. The van der Waals surface area contributed by atoms with Crippen LogP contribution in [-0.4, -0.2) is 51.3 Å². The topological polar surface area (TPSA) is 113 Å². The highest BCUT2D eigenvalue weighted by Crippen LogP contribution is 2.70. The summed E-state index contributed by atoms with van der Waals surface area (Å²) < 4.78 is 13.4. The summed E-state index contributed by atoms with van der Waals surface area (Å²) in [5.74, 6) is -0.298. The average Bonchev–Trinajstić information content (AvgIpc) is 3.50. The zero-order chi connectivity index (χ0) is 30.1. The van der Waals surface area contributed by atoms with Crippen molar-refractivity contribution in [2.75, 3.05) is 6.61 Å². The molecule has 1 heterocycles. The van der Waals surface area contributed by atoms with Crippen LogP contribution in [0, 0.1) is 28.6 Å². The average molecular weight is 585 g/mol. The first-order chi connectivity index (χ1) is 20.6. The minimum atomic E-state index is -1.37. The van der Waals surface area contributed by atoms with Gasteiger partial charge >= 0.3 is 0 Å². The number of aliphatic hydroxyl groups is 3. The minimum Gasteiger partial charge on any atom is -0.393 e. The first-order valence-electron chi connectivity index (χ1n) is 15.5. The van der Waals surface area contributed by atoms with Gasteiger partial charge in [-0.15, -0.1) is 0 Å². The first-order valence-corrected chi connectivity index (χ1v) is 15.5. The fraction of sp³-hybridized carbons (Fsp3) is 0.500. The van der Waals surface area contributed by atoms with Crippen molar-refractivity contribution in [3.05, 3.63) is 94.6 Å². The molecule has 226 valence electrons. The molecule has 43 heavy (non-hydrogen) atoms. The Morgan fingerprint density at radius 3 is 2.56 bits per heavy atom. The SMILES string of the molecule is C[C@]12C=CC(=O)C=C1CC[C@@H]1[C@@H]2[C@@H](O)C[C@@]2(C)[C@H]1C[C@H]1O[C@@H](c3cccc(Cc4cccc(CO)c4)c3)O[C@]12C(=O)CO. The van der Waals surface area contributed by atoms with E-state index in [2.05, 4.69) is 13.8 Å². The third-order valence-electron chi connectivity index (χ3n) is 11.6. The van der Waals surface area contributed by atoms with Crippen molar-refractivity contribution >= 4 is 11.6 Å². The predicted octanol–water partition coefficient (Wildman–Crippen LogP) is 4.37. The quantitative estimate of drug-likeness (QED) is 0.462. The first kappa shape index (κ1) is 28.8. The number of fused-ring (bicyclic) bond motifs is 7. The smallest absolute Gasteiger partial charge is 0.193 e. The molecule has 7 nitrogen and oxygen atoms in total. The van der Waals surface area contributed by atoms with Crippen molar-refractivity contribution in [2.24, 2.45) is 28.6 Å². The molecule has 0 aromatic heterocycles. The molecular formula is C36H40O7. The molecule has 9 atom stereocenters. The number of hydrogen-bond donors (Lipinski definition) is 3. The number of allylic oxidation sites excluding steroid dienone is 4. The highest BCUT2D eigenvalue weighted by Gasteiger charge is 2.75. The lowest BCUT2D eigenvalue weighted by Crippen LogP contribution is -2.63. The fourth-order valence-electron chi connectivity index (χ4n) is 9.76. The van der Waals surface area contributed by atoms with Crippen LogP contribution < -0.4 is 0 Å². The molecule has 1 aliphatic heterocycles. The number of carbonyl (C=O) groups excluding carboxylic acids is 2. The van der Waals surface area contributed by atoms with Crippen LogP contribution in [0.5, 0.6) is 0 Å². The molecule has 0 spiro atoms. The molecule has 4 fully saturated rings. The van der Waals surface area contributed by atoms with Gasteiger partial charge in [0.05, 0.1) is 18.8 Å². The zero-order valence-corrected chi connectivity index (χ0v) is 24.7. The molecule has 0 amide bonds. The molecule has 2 aromatic carbocycles. The molecule has 0 radical (unpaired) electrons. The Morgan fingerprint density at radius 2 is 1.79 bits per heavy atom. The van der Waals surface area contributed by atoms with E-state index < -0.39 is 47.3 Å². The Labute approximate surface area is 252 Å². The van der Waals surface area contributed by atoms with Crippen LogP contribution in [0.2, 0.25) is 0 Å². The van der Waals surface area contributed by atoms with Crippen molar-refractivity contribution in [2.45, 2.75) is 76.7 Å². The standard InChI is InChI=1S/C36H40O7/c1-34-12-11-26(39)16-25(34)9-10-27-28-17-31-36(30(41)20-38,35(28,2)18-29(40)32(27)34)43-33(42-31)24-8-4-6-22(15-24)13-21-5-3-7-23(14-21)19-37/h3-8,11-12,14-16,27-29,31-33,37-38,40H,9-10,13,17-20H2,1-2H3/t27-,28-,29-,31+,32+,33+,34-,35-,36+/m0/s1. The molecule has 0 bridgehead atoms. The second-order valence-corrected chi connectivity index (χ2v) is 13.7. The fourth-order valence-corrected chi connectivity index (χ4v) is 9.76. The van der Waals surface area contributed by atoms with E-state index >= 15 is 0 Å². The third kappa shape index (κ3) is 4.20. The lowest BCUT2D eigenvalue weighted by atomic mass is 9.46. The van der Waals surface area contributed by atoms with Gasteiger partial charge in [0, 0.05) is 22.3 Å². The van der Waals surface area contributed by atoms with E-state index in [0.717, 1.165) is 40.7 Å². The van der Waals surface area contributed by atoms with Crippen LogP contribution in [-0.2, 0) is 32.1 Å². The molecule has 5 aliphatic rings. The van der Waals surface area contributed by atoms with Crippen molar-refractivity contribution in [1.29, 1.82) is 0 Å². The van der Waals surface area contributed by atoms with Crippen molar-refractivity contribution in [3.8, 4) is 0 Å². The Hall–Kier alpha value is -2.94. The van der Waals surface area contributed by atoms with E-state index in [4.69, 9.17) is 9.47 Å². The normalized spacial score (nSPS) is 39.5. The van der Waals surface area contributed by atoms with Crippen molar-refractivity contribution in [3.63, 3.8) is 0 Å². The highest BCUT2D eigenvalue weighted by atomic mass is 16.7. The summed E-state index contributed by atoms with van der Waals surface area (Å²) >= 11 is 0. The summed E-state index contributed by atoms with van der Waals surface area (Å²) in [4.78, 5) is 26.0. The van der Waals surface area contributed by atoms with Gasteiger partial charge in [0.15, 0.2) is 23.5 Å². The maximum absolute atomic E-state index is 13.8. The van der Waals surface area contributed by atoms with E-state index in [9.17, 15) is 24.9 Å². The largest absolute Gasteiger partial charge is 0.393 e. The summed E-state index contributed by atoms with van der Waals surface area (Å²) in [6, 6.07) is 15.8. The lowest BCUT2D eigenvalue weighted by molar-refractivity contribution is -0.201. The van der Waals surface area contributed by atoms with Gasteiger partial charge in [-0.3, -0.25) is 9.59 Å². The zero-order valence-electron chi connectivity index (χ0n) is 24.7. The van der Waals surface area contributed by atoms with Gasteiger partial charge in [0.2, 0.25) is 0 Å². The van der Waals surface area contributed by atoms with Crippen LogP contribution >= 0.6 is 0 Å². The van der Waals surface area contributed by atoms with Gasteiger partial charge in [0.25, 0.3) is 0 Å². The Morgan fingerprint density at radius 1 is 1.05 bits per heavy atom. The Bertz CT molecular complexity index is 1530. The molecule has 7 heteroatoms. The molecular weight excluding hydrogens is 544 g/mol. The maximum atomic E-state index is 13.8. The van der Waals surface area contributed by atoms with Gasteiger partial charge in [-0.2, -0.15) is 0 Å². The van der Waals surface area contributed by atoms with Crippen LogP contribution in [0.3, 0.4) is 0 Å². The van der Waals surface area contributed by atoms with Gasteiger partial charge in [-0.25, -0.2) is 0 Å². The number of ketones is 2. The Kier molecular flexibility index (Phi) is 6.91. The molecule has 7 rings (SSSR count). The summed E-state index contributed by atoms with van der Waals surface area (Å²) in [5.41, 5.74) is 2.37. The summed E-state index contributed by atoms with van der Waals surface area (Å²) in [6.07, 6.45) is 6.55. The van der Waals surface area contributed by atoms with Crippen molar-refractivity contribution in [1.82, 2.24) is 0 Å². The minimum absolute atomic E-state index is 0.000421. The second kappa shape index (κ2) is 10.3. The van der Waals surface area contributed by atoms with Gasteiger partial charge < -0.3 is 24.8 Å². The molecule has 2 aromatic rings. The molecule has 4 aliphatic carbocycles.